The van der Waals surface area contributed by atoms with Gasteiger partial charge in [-0.25, -0.2) is 0 Å². The number of hydrogen-bond donors (Lipinski definition) is 1. The van der Waals surface area contributed by atoms with E-state index in [2.05, 4.69) is 0 Å². The Labute approximate surface area is 91.6 Å². The zero-order valence-corrected chi connectivity index (χ0v) is 10.7. The fourth-order valence-electron chi connectivity index (χ4n) is 1.52. The highest BCUT2D eigenvalue weighted by Gasteiger charge is 2.53. The van der Waals surface area contributed by atoms with Crippen molar-refractivity contribution >= 4 is 17.6 Å². The van der Waals surface area contributed by atoms with Gasteiger partial charge in [0.15, 0.2) is 0 Å². The summed E-state index contributed by atoms with van der Waals surface area (Å²) in [6, 6.07) is 0. The fourth-order valence-corrected chi connectivity index (χ4v) is 1.73. The van der Waals surface area contributed by atoms with Crippen molar-refractivity contribution in [3.05, 3.63) is 0 Å². The van der Waals surface area contributed by atoms with Crippen LogP contribution in [0.5, 0.6) is 0 Å². The zero-order chi connectivity index (χ0) is 11.8. The Balaban J connectivity index is 5.34. The summed E-state index contributed by atoms with van der Waals surface area (Å²) in [5.41, 5.74) is -1.26. The Morgan fingerprint density at radius 3 is 1.64 bits per heavy atom. The topological polar surface area (TPSA) is 37.3 Å². The monoisotopic (exact) mass is 220 g/mol. The first-order valence-corrected chi connectivity index (χ1v) is 5.31. The third-order valence-corrected chi connectivity index (χ3v) is 4.52. The van der Waals surface area contributed by atoms with Crippen molar-refractivity contribution in [2.45, 2.75) is 52.8 Å². The van der Waals surface area contributed by atoms with E-state index in [0.29, 0.717) is 6.42 Å². The van der Waals surface area contributed by atoms with Crippen molar-refractivity contribution in [1.29, 1.82) is 0 Å². The van der Waals surface area contributed by atoms with Crippen molar-refractivity contribution in [1.82, 2.24) is 0 Å². The first-order chi connectivity index (χ1) is 6.00. The molecule has 1 atom stereocenters. The molecule has 0 aromatic heterocycles. The summed E-state index contributed by atoms with van der Waals surface area (Å²) in [6.45, 7) is 11.2. The molecule has 0 fully saturated rings. The summed E-state index contributed by atoms with van der Waals surface area (Å²) in [5, 5.41) is 9.27. The molecule has 0 radical (unpaired) electrons. The van der Waals surface area contributed by atoms with Crippen molar-refractivity contribution in [2.24, 2.45) is 10.8 Å². The van der Waals surface area contributed by atoms with Crippen LogP contribution in [0.25, 0.3) is 0 Å². The van der Waals surface area contributed by atoms with Crippen LogP contribution in [0.3, 0.4) is 0 Å². The van der Waals surface area contributed by atoms with E-state index in [4.69, 9.17) is 11.6 Å². The highest BCUT2D eigenvalue weighted by atomic mass is 35.5. The van der Waals surface area contributed by atoms with E-state index in [1.54, 1.807) is 6.92 Å². The standard InChI is InChI=1S/C11H21ClO2/c1-7-11(6,8(13)14)9(2,3)10(4,5)12/h7H2,1-6H3,(H,13,14). The van der Waals surface area contributed by atoms with E-state index in [-0.39, 0.29) is 0 Å². The Morgan fingerprint density at radius 2 is 1.57 bits per heavy atom. The molecule has 84 valence electrons. The van der Waals surface area contributed by atoms with E-state index in [1.165, 1.54) is 0 Å². The van der Waals surface area contributed by atoms with Gasteiger partial charge in [-0.3, -0.25) is 4.79 Å². The minimum absolute atomic E-state index is 0.470. The summed E-state index contributed by atoms with van der Waals surface area (Å²) < 4.78 is 0. The molecule has 0 aromatic carbocycles. The fraction of sp³-hybridized carbons (Fsp3) is 0.909. The molecule has 0 heterocycles. The number of carboxylic acids is 1. The number of halogens is 1. The molecule has 1 N–H and O–H groups in total. The third-order valence-electron chi connectivity index (χ3n) is 4.04. The molecule has 0 saturated carbocycles. The van der Waals surface area contributed by atoms with Gasteiger partial charge in [-0.15, -0.1) is 11.6 Å². The van der Waals surface area contributed by atoms with Gasteiger partial charge in [0.1, 0.15) is 0 Å². The summed E-state index contributed by atoms with van der Waals surface area (Å²) in [6.07, 6.45) is 0.575. The van der Waals surface area contributed by atoms with Crippen LogP contribution in [-0.2, 0) is 4.79 Å². The maximum atomic E-state index is 11.3. The van der Waals surface area contributed by atoms with Gasteiger partial charge in [0.2, 0.25) is 0 Å². The summed E-state index contributed by atoms with van der Waals surface area (Å²) in [4.78, 5) is 10.7. The van der Waals surface area contributed by atoms with Crippen molar-refractivity contribution < 1.29 is 9.90 Å². The van der Waals surface area contributed by atoms with Crippen LogP contribution in [0.15, 0.2) is 0 Å². The minimum Gasteiger partial charge on any atom is -0.481 e. The smallest absolute Gasteiger partial charge is 0.309 e. The average molecular weight is 221 g/mol. The molecule has 0 spiro atoms. The SMILES string of the molecule is CCC(C)(C(=O)O)C(C)(C)C(C)(C)Cl. The number of rotatable bonds is 4. The largest absolute Gasteiger partial charge is 0.481 e. The average Bonchev–Trinajstić information content (AvgIpc) is 2.00. The Bertz CT molecular complexity index is 228. The lowest BCUT2D eigenvalue weighted by Gasteiger charge is -2.48. The van der Waals surface area contributed by atoms with E-state index in [9.17, 15) is 9.90 Å². The molecule has 1 unspecified atom stereocenters. The number of aliphatic carboxylic acids is 1. The molecular formula is C11H21ClO2. The second-order valence-corrected chi connectivity index (χ2v) is 6.03. The molecule has 3 heteroatoms. The van der Waals surface area contributed by atoms with Crippen molar-refractivity contribution in [3.8, 4) is 0 Å². The molecule has 0 amide bonds. The van der Waals surface area contributed by atoms with Gasteiger partial charge in [0.25, 0.3) is 0 Å². The lowest BCUT2D eigenvalue weighted by atomic mass is 9.59. The van der Waals surface area contributed by atoms with Gasteiger partial charge >= 0.3 is 5.97 Å². The highest BCUT2D eigenvalue weighted by molar-refractivity contribution is 6.24. The van der Waals surface area contributed by atoms with Crippen LogP contribution in [0, 0.1) is 10.8 Å². The number of carbonyl (C=O) groups is 1. The minimum atomic E-state index is -0.793. The van der Waals surface area contributed by atoms with Crippen LogP contribution >= 0.6 is 11.6 Å². The molecule has 0 rings (SSSR count). The first kappa shape index (κ1) is 13.8. The maximum absolute atomic E-state index is 11.3. The van der Waals surface area contributed by atoms with Gasteiger partial charge < -0.3 is 5.11 Å². The lowest BCUT2D eigenvalue weighted by molar-refractivity contribution is -0.157. The van der Waals surface area contributed by atoms with E-state index < -0.39 is 21.7 Å². The molecule has 2 nitrogen and oxygen atoms in total. The first-order valence-electron chi connectivity index (χ1n) is 4.93. The Kier molecular flexibility index (Phi) is 3.66. The quantitative estimate of drug-likeness (QED) is 0.736. The second-order valence-electron chi connectivity index (χ2n) is 5.09. The molecule has 14 heavy (non-hydrogen) atoms. The number of hydrogen-bond acceptors (Lipinski definition) is 1. The van der Waals surface area contributed by atoms with Crippen molar-refractivity contribution in [2.75, 3.05) is 0 Å². The Morgan fingerprint density at radius 1 is 1.21 bits per heavy atom. The van der Waals surface area contributed by atoms with E-state index in [0.717, 1.165) is 0 Å². The summed E-state index contributed by atoms with van der Waals surface area (Å²) in [7, 11) is 0. The molecule has 0 aliphatic carbocycles. The van der Waals surface area contributed by atoms with Gasteiger partial charge in [0.05, 0.1) is 5.41 Å². The summed E-state index contributed by atoms with van der Waals surface area (Å²) in [5.74, 6) is -0.779. The lowest BCUT2D eigenvalue weighted by Crippen LogP contribution is -2.51. The molecule has 0 aliphatic heterocycles. The van der Waals surface area contributed by atoms with Crippen LogP contribution in [0.1, 0.15) is 48.0 Å². The molecule has 0 aliphatic rings. The van der Waals surface area contributed by atoms with Gasteiger partial charge in [-0.2, -0.15) is 0 Å². The van der Waals surface area contributed by atoms with Gasteiger partial charge in [-0.05, 0) is 32.6 Å². The number of alkyl halides is 1. The Hall–Kier alpha value is -0.240. The number of carboxylic acid groups (broad SMARTS) is 1. The maximum Gasteiger partial charge on any atom is 0.309 e. The van der Waals surface area contributed by atoms with Crippen LogP contribution in [0.4, 0.5) is 0 Å². The van der Waals surface area contributed by atoms with Crippen molar-refractivity contribution in [3.63, 3.8) is 0 Å². The zero-order valence-electron chi connectivity index (χ0n) is 9.94. The predicted octanol–water partition coefficient (Wildman–Crippen LogP) is 3.53. The predicted molar refractivity (Wildman–Crippen MR) is 59.7 cm³/mol. The van der Waals surface area contributed by atoms with Crippen LogP contribution < -0.4 is 0 Å². The van der Waals surface area contributed by atoms with Crippen LogP contribution in [-0.4, -0.2) is 16.0 Å². The van der Waals surface area contributed by atoms with Gasteiger partial charge in [-0.1, -0.05) is 20.8 Å². The van der Waals surface area contributed by atoms with E-state index >= 15 is 0 Å². The molecule has 0 saturated heterocycles. The van der Waals surface area contributed by atoms with E-state index in [1.807, 2.05) is 34.6 Å². The third kappa shape index (κ3) is 1.90. The normalized spacial score (nSPS) is 17.6. The van der Waals surface area contributed by atoms with Gasteiger partial charge in [0, 0.05) is 4.87 Å². The molecular weight excluding hydrogens is 200 g/mol. The molecule has 0 aromatic rings. The molecule has 0 bridgehead atoms. The van der Waals surface area contributed by atoms with Crippen LogP contribution in [0.2, 0.25) is 0 Å². The highest BCUT2D eigenvalue weighted by Crippen LogP contribution is 2.51. The summed E-state index contributed by atoms with van der Waals surface area (Å²) >= 11 is 6.27. The second kappa shape index (κ2) is 3.73.